The molecule has 0 N–H and O–H groups in total. The molecule has 1 saturated carbocycles. The van der Waals surface area contributed by atoms with Gasteiger partial charge in [0.1, 0.15) is 11.6 Å². The molecule has 0 aliphatic heterocycles. The van der Waals surface area contributed by atoms with Crippen LogP contribution in [0.15, 0.2) is 24.3 Å². The van der Waals surface area contributed by atoms with Gasteiger partial charge in [-0.05, 0) is 50.6 Å². The smallest absolute Gasteiger partial charge is 0.132 e. The average molecular weight is 249 g/mol. The SMILES string of the molecule is CN(C)C(c1cccc(F)c1)C1CCC(=O)CC1. The van der Waals surface area contributed by atoms with Crippen LogP contribution in [0, 0.1) is 11.7 Å². The van der Waals surface area contributed by atoms with Crippen molar-refractivity contribution in [2.24, 2.45) is 5.92 Å². The summed E-state index contributed by atoms with van der Waals surface area (Å²) in [5, 5.41) is 0. The topological polar surface area (TPSA) is 20.3 Å². The van der Waals surface area contributed by atoms with Gasteiger partial charge < -0.3 is 4.90 Å². The Labute approximate surface area is 108 Å². The quantitative estimate of drug-likeness (QED) is 0.820. The molecule has 0 bridgehead atoms. The first-order chi connectivity index (χ1) is 8.58. The molecule has 1 aromatic carbocycles. The standard InChI is InChI=1S/C15H20FNO/c1-17(2)15(11-6-8-14(18)9-7-11)12-4-3-5-13(16)10-12/h3-5,10-11,15H,6-9H2,1-2H3. The number of ketones is 1. The first-order valence-corrected chi connectivity index (χ1v) is 6.51. The Bertz CT molecular complexity index is 420. The van der Waals surface area contributed by atoms with Crippen LogP contribution in [0.25, 0.3) is 0 Å². The van der Waals surface area contributed by atoms with Crippen LogP contribution in [-0.4, -0.2) is 24.8 Å². The van der Waals surface area contributed by atoms with E-state index in [1.54, 1.807) is 12.1 Å². The molecule has 1 aliphatic carbocycles. The summed E-state index contributed by atoms with van der Waals surface area (Å²) in [4.78, 5) is 13.5. The van der Waals surface area contributed by atoms with Crippen LogP contribution in [0.5, 0.6) is 0 Å². The molecule has 1 unspecified atom stereocenters. The van der Waals surface area contributed by atoms with E-state index in [-0.39, 0.29) is 11.9 Å². The number of carbonyl (C=O) groups excluding carboxylic acids is 1. The predicted octanol–water partition coefficient (Wildman–Crippen LogP) is 3.19. The second-order valence-corrected chi connectivity index (χ2v) is 5.34. The molecule has 2 rings (SSSR count). The van der Waals surface area contributed by atoms with Crippen LogP contribution in [0.1, 0.15) is 37.3 Å². The van der Waals surface area contributed by atoms with Crippen molar-refractivity contribution in [1.29, 1.82) is 0 Å². The van der Waals surface area contributed by atoms with Gasteiger partial charge in [-0.2, -0.15) is 0 Å². The van der Waals surface area contributed by atoms with Gasteiger partial charge in [-0.15, -0.1) is 0 Å². The molecule has 1 aliphatic rings. The van der Waals surface area contributed by atoms with Crippen molar-refractivity contribution in [3.8, 4) is 0 Å². The van der Waals surface area contributed by atoms with E-state index in [2.05, 4.69) is 4.90 Å². The molecule has 2 nitrogen and oxygen atoms in total. The lowest BCUT2D eigenvalue weighted by atomic mass is 9.80. The summed E-state index contributed by atoms with van der Waals surface area (Å²) in [5.74, 6) is 0.619. The second kappa shape index (κ2) is 5.61. The molecule has 0 amide bonds. The zero-order valence-corrected chi connectivity index (χ0v) is 11.0. The van der Waals surface area contributed by atoms with Gasteiger partial charge in [0, 0.05) is 18.9 Å². The van der Waals surface area contributed by atoms with Gasteiger partial charge in [0.2, 0.25) is 0 Å². The van der Waals surface area contributed by atoms with Gasteiger partial charge >= 0.3 is 0 Å². The molecule has 0 aromatic heterocycles. The van der Waals surface area contributed by atoms with Gasteiger partial charge in [-0.1, -0.05) is 12.1 Å². The molecule has 18 heavy (non-hydrogen) atoms. The average Bonchev–Trinajstić information content (AvgIpc) is 2.32. The van der Waals surface area contributed by atoms with Crippen molar-refractivity contribution in [1.82, 2.24) is 4.90 Å². The maximum absolute atomic E-state index is 13.3. The Morgan fingerprint density at radius 2 is 1.94 bits per heavy atom. The Morgan fingerprint density at radius 3 is 2.50 bits per heavy atom. The Hall–Kier alpha value is -1.22. The predicted molar refractivity (Wildman–Crippen MR) is 69.8 cm³/mol. The van der Waals surface area contributed by atoms with E-state index in [9.17, 15) is 9.18 Å². The van der Waals surface area contributed by atoms with Crippen molar-refractivity contribution in [3.05, 3.63) is 35.6 Å². The zero-order valence-electron chi connectivity index (χ0n) is 11.0. The van der Waals surface area contributed by atoms with Crippen molar-refractivity contribution in [2.75, 3.05) is 14.1 Å². The van der Waals surface area contributed by atoms with Gasteiger partial charge in [-0.25, -0.2) is 4.39 Å². The lowest BCUT2D eigenvalue weighted by Gasteiger charge is -2.34. The first kappa shape index (κ1) is 13.2. The van der Waals surface area contributed by atoms with Crippen molar-refractivity contribution in [3.63, 3.8) is 0 Å². The molecule has 0 saturated heterocycles. The number of hydrogen-bond donors (Lipinski definition) is 0. The van der Waals surface area contributed by atoms with E-state index in [1.807, 2.05) is 20.2 Å². The van der Waals surface area contributed by atoms with E-state index < -0.39 is 0 Å². The highest BCUT2D eigenvalue weighted by Crippen LogP contribution is 2.36. The van der Waals surface area contributed by atoms with E-state index in [0.29, 0.717) is 24.5 Å². The first-order valence-electron chi connectivity index (χ1n) is 6.51. The summed E-state index contributed by atoms with van der Waals surface area (Å²) >= 11 is 0. The number of carbonyl (C=O) groups is 1. The monoisotopic (exact) mass is 249 g/mol. The molecule has 98 valence electrons. The number of hydrogen-bond acceptors (Lipinski definition) is 2. The number of nitrogens with zero attached hydrogens (tertiary/aromatic N) is 1. The largest absolute Gasteiger partial charge is 0.302 e. The molecule has 0 radical (unpaired) electrons. The van der Waals surface area contributed by atoms with E-state index in [1.165, 1.54) is 6.07 Å². The fourth-order valence-corrected chi connectivity index (χ4v) is 2.96. The van der Waals surface area contributed by atoms with Gasteiger partial charge in [0.15, 0.2) is 0 Å². The highest BCUT2D eigenvalue weighted by molar-refractivity contribution is 5.79. The molecule has 0 heterocycles. The minimum atomic E-state index is -0.189. The third kappa shape index (κ3) is 2.96. The van der Waals surface area contributed by atoms with Crippen LogP contribution in [-0.2, 0) is 4.79 Å². The molecular weight excluding hydrogens is 229 g/mol. The summed E-state index contributed by atoms with van der Waals surface area (Å²) in [6.07, 6.45) is 3.17. The molecule has 1 aromatic rings. The van der Waals surface area contributed by atoms with Crippen LogP contribution >= 0.6 is 0 Å². The molecule has 1 fully saturated rings. The third-order valence-electron chi connectivity index (χ3n) is 3.78. The molecule has 3 heteroatoms. The normalized spacial score (nSPS) is 19.2. The molecule has 1 atom stereocenters. The van der Waals surface area contributed by atoms with Crippen LogP contribution in [0.4, 0.5) is 4.39 Å². The number of benzene rings is 1. The second-order valence-electron chi connectivity index (χ2n) is 5.34. The van der Waals surface area contributed by atoms with Crippen LogP contribution < -0.4 is 0 Å². The fraction of sp³-hybridized carbons (Fsp3) is 0.533. The molecular formula is C15H20FNO. The number of Topliss-reactive ketones (excluding diaryl/α,β-unsaturated/α-hetero) is 1. The van der Waals surface area contributed by atoms with Gasteiger partial charge in [0.25, 0.3) is 0 Å². The van der Waals surface area contributed by atoms with Crippen molar-refractivity contribution < 1.29 is 9.18 Å². The maximum atomic E-state index is 13.3. The lowest BCUT2D eigenvalue weighted by Crippen LogP contribution is -2.30. The summed E-state index contributed by atoms with van der Waals surface area (Å²) < 4.78 is 13.3. The van der Waals surface area contributed by atoms with Gasteiger partial charge in [0.05, 0.1) is 0 Å². The highest BCUT2D eigenvalue weighted by Gasteiger charge is 2.29. The van der Waals surface area contributed by atoms with Crippen molar-refractivity contribution >= 4 is 5.78 Å². The van der Waals surface area contributed by atoms with E-state index >= 15 is 0 Å². The van der Waals surface area contributed by atoms with Gasteiger partial charge in [-0.3, -0.25) is 4.79 Å². The molecule has 0 spiro atoms. The number of rotatable bonds is 3. The van der Waals surface area contributed by atoms with Crippen LogP contribution in [0.3, 0.4) is 0 Å². The minimum absolute atomic E-state index is 0.189. The summed E-state index contributed by atoms with van der Waals surface area (Å²) in [6.45, 7) is 0. The lowest BCUT2D eigenvalue weighted by molar-refractivity contribution is -0.121. The summed E-state index contributed by atoms with van der Waals surface area (Å²) in [7, 11) is 4.04. The maximum Gasteiger partial charge on any atom is 0.132 e. The zero-order chi connectivity index (χ0) is 13.1. The van der Waals surface area contributed by atoms with E-state index in [0.717, 1.165) is 18.4 Å². The Morgan fingerprint density at radius 1 is 1.28 bits per heavy atom. The minimum Gasteiger partial charge on any atom is -0.302 e. The Balaban J connectivity index is 2.20. The van der Waals surface area contributed by atoms with E-state index in [4.69, 9.17) is 0 Å². The number of halogens is 1. The van der Waals surface area contributed by atoms with Crippen molar-refractivity contribution in [2.45, 2.75) is 31.7 Å². The third-order valence-corrected chi connectivity index (χ3v) is 3.78. The summed E-state index contributed by atoms with van der Waals surface area (Å²) in [5.41, 5.74) is 1.01. The highest BCUT2D eigenvalue weighted by atomic mass is 19.1. The Kier molecular flexibility index (Phi) is 4.12. The summed E-state index contributed by atoms with van der Waals surface area (Å²) in [6, 6.07) is 7.02. The van der Waals surface area contributed by atoms with Crippen LogP contribution in [0.2, 0.25) is 0 Å². The fourth-order valence-electron chi connectivity index (χ4n) is 2.96.